The normalized spacial score (nSPS) is 26.2. The summed E-state index contributed by atoms with van der Waals surface area (Å²) in [5.41, 5.74) is 2.99. The van der Waals surface area contributed by atoms with Crippen LogP contribution in [0, 0.1) is 0 Å². The van der Waals surface area contributed by atoms with Crippen LogP contribution in [0.2, 0.25) is 0 Å². The summed E-state index contributed by atoms with van der Waals surface area (Å²) in [5.74, 6) is 0. The van der Waals surface area contributed by atoms with Crippen LogP contribution < -0.4 is 5.32 Å². The first kappa shape index (κ1) is 8.98. The molecule has 1 aromatic rings. The lowest BCUT2D eigenvalue weighted by Gasteiger charge is -2.23. The second kappa shape index (κ2) is 3.38. The van der Waals surface area contributed by atoms with Gasteiger partial charge in [0.1, 0.15) is 0 Å². The van der Waals surface area contributed by atoms with E-state index < -0.39 is 0 Å². The summed E-state index contributed by atoms with van der Waals surface area (Å²) in [5, 5.41) is 3.72. The summed E-state index contributed by atoms with van der Waals surface area (Å²) in [6, 6.07) is 1.41. The highest BCUT2D eigenvalue weighted by molar-refractivity contribution is 9.10. The molecule has 0 spiro atoms. The molecule has 3 rings (SSSR count). The summed E-state index contributed by atoms with van der Waals surface area (Å²) in [4.78, 5) is 3.28. The van der Waals surface area contributed by atoms with E-state index in [4.69, 9.17) is 0 Å². The zero-order chi connectivity index (χ0) is 9.54. The van der Waals surface area contributed by atoms with E-state index in [0.29, 0.717) is 6.04 Å². The standard InChI is InChI=1S/C11H15BrN2/c12-11-8-2-1-3-10(9(8)6-13-11)14-7-4-5-7/h6-7,10,13-14H,1-5H2. The molecule has 0 aromatic carbocycles. The third kappa shape index (κ3) is 1.52. The minimum absolute atomic E-state index is 0.605. The van der Waals surface area contributed by atoms with Crippen molar-refractivity contribution in [3.63, 3.8) is 0 Å². The van der Waals surface area contributed by atoms with E-state index in [9.17, 15) is 0 Å². The van der Waals surface area contributed by atoms with E-state index in [1.165, 1.54) is 47.8 Å². The summed E-state index contributed by atoms with van der Waals surface area (Å²) < 4.78 is 1.19. The van der Waals surface area contributed by atoms with Crippen molar-refractivity contribution in [2.45, 2.75) is 44.2 Å². The SMILES string of the molecule is Brc1[nH]cc2c1CCCC2NC1CC1. The van der Waals surface area contributed by atoms with Gasteiger partial charge in [-0.15, -0.1) is 0 Å². The minimum Gasteiger partial charge on any atom is -0.355 e. The Balaban J connectivity index is 1.86. The van der Waals surface area contributed by atoms with Crippen LogP contribution in [0.15, 0.2) is 10.8 Å². The molecule has 76 valence electrons. The van der Waals surface area contributed by atoms with Gasteiger partial charge in [0.15, 0.2) is 0 Å². The van der Waals surface area contributed by atoms with Crippen molar-refractivity contribution in [1.82, 2.24) is 10.3 Å². The first-order valence-electron chi connectivity index (χ1n) is 5.46. The molecule has 2 aliphatic rings. The summed E-state index contributed by atoms with van der Waals surface area (Å²) in [6.45, 7) is 0. The van der Waals surface area contributed by atoms with Gasteiger partial charge in [-0.25, -0.2) is 0 Å². The van der Waals surface area contributed by atoms with Gasteiger partial charge in [-0.3, -0.25) is 0 Å². The zero-order valence-electron chi connectivity index (χ0n) is 8.15. The van der Waals surface area contributed by atoms with Crippen LogP contribution in [-0.2, 0) is 6.42 Å². The van der Waals surface area contributed by atoms with E-state index >= 15 is 0 Å². The number of fused-ring (bicyclic) bond motifs is 1. The van der Waals surface area contributed by atoms with Crippen molar-refractivity contribution in [2.24, 2.45) is 0 Å². The van der Waals surface area contributed by atoms with Crippen LogP contribution in [0.1, 0.15) is 42.9 Å². The lowest BCUT2D eigenvalue weighted by Crippen LogP contribution is -2.26. The molecule has 1 unspecified atom stereocenters. The lowest BCUT2D eigenvalue weighted by atomic mass is 9.91. The number of H-pyrrole nitrogens is 1. The number of aromatic amines is 1. The number of aromatic nitrogens is 1. The fourth-order valence-corrected chi connectivity index (χ4v) is 2.89. The predicted molar refractivity (Wildman–Crippen MR) is 60.3 cm³/mol. The Hall–Kier alpha value is -0.280. The Bertz CT molecular complexity index is 341. The Morgan fingerprint density at radius 1 is 1.36 bits per heavy atom. The van der Waals surface area contributed by atoms with Crippen LogP contribution in [0.25, 0.3) is 0 Å². The van der Waals surface area contributed by atoms with Crippen LogP contribution >= 0.6 is 15.9 Å². The fourth-order valence-electron chi connectivity index (χ4n) is 2.35. The molecule has 14 heavy (non-hydrogen) atoms. The largest absolute Gasteiger partial charge is 0.355 e. The number of hydrogen-bond acceptors (Lipinski definition) is 1. The van der Waals surface area contributed by atoms with Crippen molar-refractivity contribution >= 4 is 15.9 Å². The maximum Gasteiger partial charge on any atom is 0.0855 e. The molecular formula is C11H15BrN2. The Labute approximate surface area is 92.6 Å². The van der Waals surface area contributed by atoms with Crippen molar-refractivity contribution in [1.29, 1.82) is 0 Å². The lowest BCUT2D eigenvalue weighted by molar-refractivity contribution is 0.459. The number of hydrogen-bond donors (Lipinski definition) is 2. The Kier molecular flexibility index (Phi) is 2.17. The molecular weight excluding hydrogens is 240 g/mol. The predicted octanol–water partition coefficient (Wildman–Crippen LogP) is 2.91. The van der Waals surface area contributed by atoms with Crippen LogP contribution in [0.3, 0.4) is 0 Å². The van der Waals surface area contributed by atoms with Crippen molar-refractivity contribution < 1.29 is 0 Å². The number of rotatable bonds is 2. The summed E-state index contributed by atoms with van der Waals surface area (Å²) in [7, 11) is 0. The van der Waals surface area contributed by atoms with Crippen molar-refractivity contribution in [2.75, 3.05) is 0 Å². The van der Waals surface area contributed by atoms with Gasteiger partial charge in [-0.2, -0.15) is 0 Å². The molecule has 0 aliphatic heterocycles. The van der Waals surface area contributed by atoms with E-state index in [0.717, 1.165) is 6.04 Å². The third-order valence-electron chi connectivity index (χ3n) is 3.28. The average Bonchev–Trinajstić information content (AvgIpc) is 2.92. The number of halogens is 1. The van der Waals surface area contributed by atoms with E-state index in [-0.39, 0.29) is 0 Å². The molecule has 0 amide bonds. The summed E-state index contributed by atoms with van der Waals surface area (Å²) >= 11 is 3.58. The van der Waals surface area contributed by atoms with E-state index in [1.54, 1.807) is 0 Å². The Morgan fingerprint density at radius 2 is 2.21 bits per heavy atom. The monoisotopic (exact) mass is 254 g/mol. The smallest absolute Gasteiger partial charge is 0.0855 e. The van der Waals surface area contributed by atoms with Gasteiger partial charge in [-0.05, 0) is 59.2 Å². The molecule has 2 aliphatic carbocycles. The minimum atomic E-state index is 0.605. The molecule has 1 saturated carbocycles. The van der Waals surface area contributed by atoms with Gasteiger partial charge in [0.05, 0.1) is 4.60 Å². The first-order chi connectivity index (χ1) is 6.84. The average molecular weight is 255 g/mol. The second-order valence-electron chi connectivity index (χ2n) is 4.42. The molecule has 3 heteroatoms. The van der Waals surface area contributed by atoms with Crippen molar-refractivity contribution in [3.8, 4) is 0 Å². The molecule has 1 heterocycles. The van der Waals surface area contributed by atoms with E-state index in [1.807, 2.05) is 0 Å². The molecule has 0 radical (unpaired) electrons. The Morgan fingerprint density at radius 3 is 3.00 bits per heavy atom. The maximum absolute atomic E-state index is 3.72. The first-order valence-corrected chi connectivity index (χ1v) is 6.25. The molecule has 1 atom stereocenters. The topological polar surface area (TPSA) is 27.8 Å². The van der Waals surface area contributed by atoms with Gasteiger partial charge in [-0.1, -0.05) is 0 Å². The van der Waals surface area contributed by atoms with Crippen LogP contribution in [0.5, 0.6) is 0 Å². The molecule has 2 nitrogen and oxygen atoms in total. The highest BCUT2D eigenvalue weighted by Crippen LogP contribution is 2.36. The molecule has 2 N–H and O–H groups in total. The second-order valence-corrected chi connectivity index (χ2v) is 5.22. The maximum atomic E-state index is 3.72. The van der Waals surface area contributed by atoms with Gasteiger partial charge in [0.25, 0.3) is 0 Å². The molecule has 0 bridgehead atoms. The van der Waals surface area contributed by atoms with Crippen molar-refractivity contribution in [3.05, 3.63) is 21.9 Å². The quantitative estimate of drug-likeness (QED) is 0.835. The zero-order valence-corrected chi connectivity index (χ0v) is 9.73. The van der Waals surface area contributed by atoms with E-state index in [2.05, 4.69) is 32.4 Å². The van der Waals surface area contributed by atoms with Gasteiger partial charge >= 0.3 is 0 Å². The van der Waals surface area contributed by atoms with Crippen LogP contribution in [-0.4, -0.2) is 11.0 Å². The molecule has 1 aromatic heterocycles. The van der Waals surface area contributed by atoms with Gasteiger partial charge in [0, 0.05) is 18.3 Å². The van der Waals surface area contributed by atoms with Gasteiger partial charge in [0.2, 0.25) is 0 Å². The highest BCUT2D eigenvalue weighted by atomic mass is 79.9. The number of nitrogens with one attached hydrogen (secondary N) is 2. The molecule has 1 fully saturated rings. The highest BCUT2D eigenvalue weighted by Gasteiger charge is 2.29. The van der Waals surface area contributed by atoms with Gasteiger partial charge < -0.3 is 10.3 Å². The van der Waals surface area contributed by atoms with Crippen LogP contribution in [0.4, 0.5) is 0 Å². The third-order valence-corrected chi connectivity index (χ3v) is 3.98. The fraction of sp³-hybridized carbons (Fsp3) is 0.636. The molecule has 0 saturated heterocycles. The summed E-state index contributed by atoms with van der Waals surface area (Å²) in [6.07, 6.45) is 8.75.